The minimum Gasteiger partial charge on any atom is -0.493 e. The van der Waals surface area contributed by atoms with Crippen LogP contribution in [0.3, 0.4) is 0 Å². The van der Waals surface area contributed by atoms with Crippen LogP contribution in [0.5, 0.6) is 11.5 Å². The molecule has 0 saturated heterocycles. The molecular weight excluding hydrogens is 377 g/mol. The Kier molecular flexibility index (Phi) is 6.90. The molecule has 0 fully saturated rings. The van der Waals surface area contributed by atoms with Gasteiger partial charge in [0, 0.05) is 16.7 Å². The molecule has 146 valence electrons. The normalized spacial score (nSPS) is 10.7. The van der Waals surface area contributed by atoms with Crippen molar-refractivity contribution in [1.29, 1.82) is 0 Å². The Bertz CT molecular complexity index is 928. The quantitative estimate of drug-likeness (QED) is 0.598. The van der Waals surface area contributed by atoms with Crippen molar-refractivity contribution in [2.24, 2.45) is 0 Å². The van der Waals surface area contributed by atoms with Gasteiger partial charge in [-0.3, -0.25) is 0 Å². The molecule has 3 rings (SSSR count). The Morgan fingerprint density at radius 3 is 2.32 bits per heavy atom. The maximum absolute atomic E-state index is 13.2. The third-order valence-corrected chi connectivity index (χ3v) is 4.86. The number of aryl methyl sites for hydroxylation is 1. The van der Waals surface area contributed by atoms with Crippen molar-refractivity contribution < 1.29 is 19.2 Å². The highest BCUT2D eigenvalue weighted by Gasteiger charge is 2.09. The molecule has 28 heavy (non-hydrogen) atoms. The highest BCUT2D eigenvalue weighted by Crippen LogP contribution is 2.29. The zero-order valence-electron chi connectivity index (χ0n) is 16.0. The molecule has 0 heterocycles. The molecule has 0 spiro atoms. The van der Waals surface area contributed by atoms with Gasteiger partial charge in [-0.25, -0.2) is 4.39 Å². The molecule has 0 aromatic heterocycles. The van der Waals surface area contributed by atoms with Gasteiger partial charge >= 0.3 is 0 Å². The number of rotatable bonds is 8. The van der Waals surface area contributed by atoms with Crippen molar-refractivity contribution in [3.8, 4) is 11.5 Å². The van der Waals surface area contributed by atoms with E-state index >= 15 is 0 Å². The summed E-state index contributed by atoms with van der Waals surface area (Å²) in [4.78, 5) is 0. The van der Waals surface area contributed by atoms with Gasteiger partial charge in [0.25, 0.3) is 0 Å². The average Bonchev–Trinajstić information content (AvgIpc) is 2.69. The summed E-state index contributed by atoms with van der Waals surface area (Å²) in [5, 5.41) is 2.60. The van der Waals surface area contributed by atoms with Crippen LogP contribution >= 0.6 is 11.6 Å². The summed E-state index contributed by atoms with van der Waals surface area (Å²) < 4.78 is 24.5. The van der Waals surface area contributed by atoms with E-state index in [1.54, 1.807) is 13.2 Å². The largest absolute Gasteiger partial charge is 0.493 e. The second kappa shape index (κ2) is 9.58. The molecule has 0 unspecified atom stereocenters. The van der Waals surface area contributed by atoms with Gasteiger partial charge in [-0.2, -0.15) is 0 Å². The lowest BCUT2D eigenvalue weighted by molar-refractivity contribution is -0.686. The molecule has 0 saturated carbocycles. The van der Waals surface area contributed by atoms with Crippen molar-refractivity contribution >= 4 is 11.6 Å². The average molecular weight is 401 g/mol. The van der Waals surface area contributed by atoms with Crippen LogP contribution in [0, 0.1) is 12.7 Å². The van der Waals surface area contributed by atoms with E-state index in [0.29, 0.717) is 16.5 Å². The van der Waals surface area contributed by atoms with E-state index in [1.807, 2.05) is 18.2 Å². The smallest absolute Gasteiger partial charge is 0.161 e. The fraction of sp³-hybridized carbons (Fsp3) is 0.217. The lowest BCUT2D eigenvalue weighted by Crippen LogP contribution is -2.80. The first kappa shape index (κ1) is 20.2. The topological polar surface area (TPSA) is 35.1 Å². The highest BCUT2D eigenvalue weighted by atomic mass is 35.5. The SMILES string of the molecule is COc1cc(C[NH2+]Cc2ccc(C)cc2)ccc1OCc1ccc(F)cc1Cl. The minimum absolute atomic E-state index is 0.244. The molecule has 0 radical (unpaired) electrons. The number of quaternary nitrogens is 1. The minimum atomic E-state index is -0.363. The highest BCUT2D eigenvalue weighted by molar-refractivity contribution is 6.31. The van der Waals surface area contributed by atoms with Crippen LogP contribution in [0.2, 0.25) is 5.02 Å². The monoisotopic (exact) mass is 400 g/mol. The van der Waals surface area contributed by atoms with E-state index in [0.717, 1.165) is 24.2 Å². The second-order valence-electron chi connectivity index (χ2n) is 6.69. The molecule has 0 atom stereocenters. The van der Waals surface area contributed by atoms with Crippen molar-refractivity contribution in [3.63, 3.8) is 0 Å². The Hall–Kier alpha value is -2.56. The van der Waals surface area contributed by atoms with Gasteiger partial charge in [-0.05, 0) is 37.3 Å². The van der Waals surface area contributed by atoms with E-state index in [-0.39, 0.29) is 12.4 Å². The summed E-state index contributed by atoms with van der Waals surface area (Å²) in [6.07, 6.45) is 0. The summed E-state index contributed by atoms with van der Waals surface area (Å²) in [6, 6.07) is 18.7. The summed E-state index contributed by atoms with van der Waals surface area (Å²) in [6.45, 7) is 4.10. The Labute approximate surface area is 170 Å². The molecular formula is C23H24ClFNO2+. The van der Waals surface area contributed by atoms with Gasteiger partial charge in [0.05, 0.1) is 12.1 Å². The standard InChI is InChI=1S/C23H23ClFNO2/c1-16-3-5-17(6-4-16)13-26-14-18-7-10-22(23(11-18)27-2)28-15-19-8-9-20(25)12-21(19)24/h3-12,26H,13-15H2,1-2H3/p+1. The number of hydrogen-bond acceptors (Lipinski definition) is 2. The molecule has 0 bridgehead atoms. The summed E-state index contributed by atoms with van der Waals surface area (Å²) in [7, 11) is 1.62. The molecule has 0 aliphatic carbocycles. The molecule has 3 nitrogen and oxygen atoms in total. The van der Waals surface area contributed by atoms with Crippen molar-refractivity contribution in [1.82, 2.24) is 0 Å². The molecule has 3 aromatic carbocycles. The first-order valence-corrected chi connectivity index (χ1v) is 9.54. The third-order valence-electron chi connectivity index (χ3n) is 4.51. The maximum atomic E-state index is 13.2. The van der Waals surface area contributed by atoms with Gasteiger partial charge in [-0.1, -0.05) is 47.5 Å². The van der Waals surface area contributed by atoms with Gasteiger partial charge in [0.15, 0.2) is 11.5 Å². The number of hydrogen-bond donors (Lipinski definition) is 1. The fourth-order valence-electron chi connectivity index (χ4n) is 2.88. The molecule has 2 N–H and O–H groups in total. The predicted octanol–water partition coefficient (Wildman–Crippen LogP) is 4.64. The number of nitrogens with two attached hydrogens (primary N) is 1. The van der Waals surface area contributed by atoms with Crippen LogP contribution in [0.1, 0.15) is 22.3 Å². The van der Waals surface area contributed by atoms with Gasteiger partial charge < -0.3 is 14.8 Å². The second-order valence-corrected chi connectivity index (χ2v) is 7.10. The first-order valence-electron chi connectivity index (χ1n) is 9.16. The molecule has 0 aliphatic heterocycles. The summed E-state index contributed by atoms with van der Waals surface area (Å²) >= 11 is 6.06. The van der Waals surface area contributed by atoms with Crippen molar-refractivity contribution in [2.75, 3.05) is 7.11 Å². The zero-order chi connectivity index (χ0) is 19.9. The van der Waals surface area contributed by atoms with Crippen LogP contribution in [0.4, 0.5) is 4.39 Å². The zero-order valence-corrected chi connectivity index (χ0v) is 16.8. The van der Waals surface area contributed by atoms with Crippen LogP contribution in [-0.2, 0) is 19.7 Å². The van der Waals surface area contributed by atoms with E-state index in [9.17, 15) is 4.39 Å². The van der Waals surface area contributed by atoms with E-state index in [1.165, 1.54) is 23.3 Å². The maximum Gasteiger partial charge on any atom is 0.161 e. The molecule has 3 aromatic rings. The third kappa shape index (κ3) is 5.47. The van der Waals surface area contributed by atoms with Crippen LogP contribution < -0.4 is 14.8 Å². The van der Waals surface area contributed by atoms with E-state index in [2.05, 4.69) is 36.5 Å². The van der Waals surface area contributed by atoms with E-state index in [4.69, 9.17) is 21.1 Å². The van der Waals surface area contributed by atoms with E-state index < -0.39 is 0 Å². The lowest BCUT2D eigenvalue weighted by Gasteiger charge is -2.13. The Morgan fingerprint density at radius 1 is 0.893 bits per heavy atom. The lowest BCUT2D eigenvalue weighted by atomic mass is 10.1. The Morgan fingerprint density at radius 2 is 1.61 bits per heavy atom. The van der Waals surface area contributed by atoms with Crippen LogP contribution in [0.25, 0.3) is 0 Å². The van der Waals surface area contributed by atoms with Gasteiger partial charge in [0.1, 0.15) is 25.5 Å². The molecule has 0 amide bonds. The molecule has 5 heteroatoms. The van der Waals surface area contributed by atoms with Gasteiger partial charge in [0.2, 0.25) is 0 Å². The van der Waals surface area contributed by atoms with Crippen LogP contribution in [0.15, 0.2) is 60.7 Å². The van der Waals surface area contributed by atoms with Gasteiger partial charge in [-0.15, -0.1) is 0 Å². The Balaban J connectivity index is 1.59. The fourth-order valence-corrected chi connectivity index (χ4v) is 3.10. The summed E-state index contributed by atoms with van der Waals surface area (Å²) in [5.41, 5.74) is 4.44. The number of methoxy groups -OCH3 is 1. The first-order chi connectivity index (χ1) is 13.5. The summed E-state index contributed by atoms with van der Waals surface area (Å²) in [5.74, 6) is 0.933. The van der Waals surface area contributed by atoms with Crippen molar-refractivity contribution in [2.45, 2.75) is 26.6 Å². The number of ether oxygens (including phenoxy) is 2. The number of halogens is 2. The predicted molar refractivity (Wildman–Crippen MR) is 109 cm³/mol. The van der Waals surface area contributed by atoms with Crippen molar-refractivity contribution in [3.05, 3.63) is 93.8 Å². The van der Waals surface area contributed by atoms with Crippen LogP contribution in [-0.4, -0.2) is 7.11 Å². The number of benzene rings is 3. The molecule has 0 aliphatic rings.